The van der Waals surface area contributed by atoms with Crippen molar-refractivity contribution in [2.45, 2.75) is 38.7 Å². The van der Waals surface area contributed by atoms with E-state index in [0.29, 0.717) is 29.1 Å². The van der Waals surface area contributed by atoms with Crippen LogP contribution < -0.4 is 15.0 Å². The van der Waals surface area contributed by atoms with E-state index in [-0.39, 0.29) is 24.7 Å². The van der Waals surface area contributed by atoms with Crippen molar-refractivity contribution in [3.63, 3.8) is 0 Å². The SMILES string of the molecule is CC(=O)NC[C@H]1CN(c2ccc3c(c2)-c2onc(-c4cccc(OC(F)(F)F)c4)c2CCC3)C(=O)O1. The highest BCUT2D eigenvalue weighted by Gasteiger charge is 2.34. The number of hydrogen-bond acceptors (Lipinski definition) is 6. The number of amides is 2. The highest BCUT2D eigenvalue weighted by molar-refractivity contribution is 5.91. The molecule has 36 heavy (non-hydrogen) atoms. The number of fused-ring (bicyclic) bond motifs is 3. The van der Waals surface area contributed by atoms with Gasteiger partial charge in [-0.1, -0.05) is 23.4 Å². The third-order valence-electron chi connectivity index (χ3n) is 6.10. The smallest absolute Gasteiger partial charge is 0.442 e. The summed E-state index contributed by atoms with van der Waals surface area (Å²) in [5.41, 5.74) is 4.06. The lowest BCUT2D eigenvalue weighted by Gasteiger charge is -2.15. The first-order valence-corrected chi connectivity index (χ1v) is 11.4. The minimum Gasteiger partial charge on any atom is -0.442 e. The fraction of sp³-hybridized carbons (Fsp3) is 0.320. The van der Waals surface area contributed by atoms with Gasteiger partial charge in [0.25, 0.3) is 0 Å². The maximum atomic E-state index is 12.7. The lowest BCUT2D eigenvalue weighted by molar-refractivity contribution is -0.274. The number of carbonyl (C=O) groups is 2. The molecule has 0 spiro atoms. The van der Waals surface area contributed by atoms with Gasteiger partial charge in [-0.3, -0.25) is 9.69 Å². The number of ether oxygens (including phenoxy) is 2. The number of alkyl halides is 3. The molecule has 11 heteroatoms. The zero-order valence-electron chi connectivity index (χ0n) is 19.2. The maximum Gasteiger partial charge on any atom is 0.573 e. The number of aryl methyl sites for hydroxylation is 1. The lowest BCUT2D eigenvalue weighted by atomic mass is 9.99. The van der Waals surface area contributed by atoms with Crippen LogP contribution >= 0.6 is 0 Å². The first-order valence-electron chi connectivity index (χ1n) is 11.4. The quantitative estimate of drug-likeness (QED) is 0.537. The summed E-state index contributed by atoms with van der Waals surface area (Å²) < 4.78 is 53.2. The summed E-state index contributed by atoms with van der Waals surface area (Å²) in [6.45, 7) is 1.89. The van der Waals surface area contributed by atoms with Gasteiger partial charge in [0.1, 0.15) is 17.5 Å². The van der Waals surface area contributed by atoms with E-state index in [4.69, 9.17) is 9.26 Å². The van der Waals surface area contributed by atoms with Crippen LogP contribution in [0.15, 0.2) is 47.0 Å². The molecule has 1 N–H and O–H groups in total. The summed E-state index contributed by atoms with van der Waals surface area (Å²) in [4.78, 5) is 25.2. The molecule has 8 nitrogen and oxygen atoms in total. The molecule has 2 aromatic carbocycles. The van der Waals surface area contributed by atoms with Crippen LogP contribution in [0.1, 0.15) is 24.5 Å². The Hall–Kier alpha value is -4.02. The third-order valence-corrected chi connectivity index (χ3v) is 6.10. The number of cyclic esters (lactones) is 1. The first-order chi connectivity index (χ1) is 17.2. The van der Waals surface area contributed by atoms with E-state index < -0.39 is 18.6 Å². The van der Waals surface area contributed by atoms with Gasteiger partial charge in [0.15, 0.2) is 5.76 Å². The standard InChI is InChI=1S/C25H22F3N3O5/c1-14(32)29-12-19-13-31(24(33)34-19)17-9-8-15-4-3-7-20-22(30-36-23(20)21(15)11-17)16-5-2-6-18(10-16)35-25(26,27)28/h2,5-6,8-11,19H,3-4,7,12-13H2,1H3,(H,29,32)/t19-/m0/s1. The van der Waals surface area contributed by atoms with Gasteiger partial charge in [-0.25, -0.2) is 4.79 Å². The van der Waals surface area contributed by atoms with Crippen molar-refractivity contribution >= 4 is 17.7 Å². The van der Waals surface area contributed by atoms with Gasteiger partial charge in [0.2, 0.25) is 5.91 Å². The fourth-order valence-corrected chi connectivity index (χ4v) is 4.53. The van der Waals surface area contributed by atoms with Crippen LogP contribution in [0, 0.1) is 0 Å². The summed E-state index contributed by atoms with van der Waals surface area (Å²) >= 11 is 0. The van der Waals surface area contributed by atoms with Crippen molar-refractivity contribution in [3.8, 4) is 28.3 Å². The van der Waals surface area contributed by atoms with Crippen LogP contribution in [0.4, 0.5) is 23.7 Å². The molecule has 2 aliphatic rings. The van der Waals surface area contributed by atoms with Crippen LogP contribution in [0.25, 0.3) is 22.6 Å². The van der Waals surface area contributed by atoms with Crippen LogP contribution in [0.2, 0.25) is 0 Å². The Morgan fingerprint density at radius 3 is 2.83 bits per heavy atom. The number of rotatable bonds is 5. The predicted octanol–water partition coefficient (Wildman–Crippen LogP) is 4.86. The zero-order chi connectivity index (χ0) is 25.4. The number of anilines is 1. The average Bonchev–Trinajstić information content (AvgIpc) is 3.35. The molecule has 0 unspecified atom stereocenters. The molecular weight excluding hydrogens is 479 g/mol. The third kappa shape index (κ3) is 4.86. The Bertz CT molecular complexity index is 1320. The zero-order valence-corrected chi connectivity index (χ0v) is 19.2. The highest BCUT2D eigenvalue weighted by atomic mass is 19.4. The minimum atomic E-state index is -4.80. The number of hydrogen-bond donors (Lipinski definition) is 1. The van der Waals surface area contributed by atoms with E-state index in [2.05, 4.69) is 15.2 Å². The second-order valence-corrected chi connectivity index (χ2v) is 8.66. The average molecular weight is 501 g/mol. The minimum absolute atomic E-state index is 0.210. The number of nitrogens with zero attached hydrogens (tertiary/aromatic N) is 2. The van der Waals surface area contributed by atoms with Gasteiger partial charge in [-0.2, -0.15) is 0 Å². The van der Waals surface area contributed by atoms with Gasteiger partial charge in [0, 0.05) is 29.3 Å². The topological polar surface area (TPSA) is 93.9 Å². The molecule has 5 rings (SSSR count). The van der Waals surface area contributed by atoms with E-state index in [1.807, 2.05) is 18.2 Å². The van der Waals surface area contributed by atoms with Gasteiger partial charge in [0.05, 0.1) is 13.1 Å². The molecular formula is C25H22F3N3O5. The molecule has 1 aliphatic carbocycles. The Balaban J connectivity index is 1.46. The second-order valence-electron chi connectivity index (χ2n) is 8.66. The van der Waals surface area contributed by atoms with Crippen LogP contribution in [0.3, 0.4) is 0 Å². The maximum absolute atomic E-state index is 12.7. The molecule has 3 aromatic rings. The Kier molecular flexibility index (Phi) is 6.07. The molecule has 1 aromatic heterocycles. The fourth-order valence-electron chi connectivity index (χ4n) is 4.53. The number of halogens is 3. The molecule has 0 radical (unpaired) electrons. The van der Waals surface area contributed by atoms with Gasteiger partial charge in [-0.05, 0) is 49.1 Å². The first kappa shape index (κ1) is 23.7. The Labute approximate surface area is 204 Å². The normalized spacial score (nSPS) is 17.2. The Morgan fingerprint density at radius 1 is 1.22 bits per heavy atom. The second kappa shape index (κ2) is 9.21. The molecule has 1 saturated heterocycles. The van der Waals surface area contributed by atoms with Gasteiger partial charge < -0.3 is 19.3 Å². The predicted molar refractivity (Wildman–Crippen MR) is 122 cm³/mol. The molecule has 188 valence electrons. The van der Waals surface area contributed by atoms with Crippen molar-refractivity contribution in [2.24, 2.45) is 0 Å². The molecule has 1 atom stereocenters. The summed E-state index contributed by atoms with van der Waals surface area (Å²) in [5.74, 6) is -0.0306. The largest absolute Gasteiger partial charge is 0.573 e. The summed E-state index contributed by atoms with van der Waals surface area (Å²) in [5, 5.41) is 6.83. The number of aromatic nitrogens is 1. The Morgan fingerprint density at radius 2 is 2.06 bits per heavy atom. The van der Waals surface area contributed by atoms with Crippen molar-refractivity contribution in [2.75, 3.05) is 18.0 Å². The van der Waals surface area contributed by atoms with Crippen molar-refractivity contribution in [1.29, 1.82) is 0 Å². The summed E-state index contributed by atoms with van der Waals surface area (Å²) in [6, 6.07) is 11.2. The van der Waals surface area contributed by atoms with Crippen LogP contribution in [-0.2, 0) is 22.4 Å². The van der Waals surface area contributed by atoms with E-state index in [1.54, 1.807) is 6.07 Å². The van der Waals surface area contributed by atoms with E-state index >= 15 is 0 Å². The van der Waals surface area contributed by atoms with E-state index in [9.17, 15) is 22.8 Å². The molecule has 2 amide bonds. The number of carbonyl (C=O) groups excluding carboxylic acids is 2. The van der Waals surface area contributed by atoms with Gasteiger partial charge in [-0.15, -0.1) is 13.2 Å². The van der Waals surface area contributed by atoms with Crippen molar-refractivity contribution < 1.29 is 36.8 Å². The molecule has 1 aliphatic heterocycles. The van der Waals surface area contributed by atoms with E-state index in [1.165, 1.54) is 30.0 Å². The highest BCUT2D eigenvalue weighted by Crippen LogP contribution is 2.40. The summed E-state index contributed by atoms with van der Waals surface area (Å²) in [7, 11) is 0. The number of nitrogens with one attached hydrogen (secondary N) is 1. The van der Waals surface area contributed by atoms with Crippen molar-refractivity contribution in [1.82, 2.24) is 10.5 Å². The molecule has 0 saturated carbocycles. The number of benzene rings is 2. The van der Waals surface area contributed by atoms with E-state index in [0.717, 1.165) is 29.5 Å². The van der Waals surface area contributed by atoms with Crippen molar-refractivity contribution in [3.05, 3.63) is 53.6 Å². The van der Waals surface area contributed by atoms with Crippen LogP contribution in [-0.4, -0.2) is 42.7 Å². The molecule has 1 fully saturated rings. The molecule has 0 bridgehead atoms. The lowest BCUT2D eigenvalue weighted by Crippen LogP contribution is -2.33. The monoisotopic (exact) mass is 501 g/mol. The summed E-state index contributed by atoms with van der Waals surface area (Å²) in [6.07, 6.45) is -3.62. The van der Waals surface area contributed by atoms with Gasteiger partial charge >= 0.3 is 12.5 Å². The van der Waals surface area contributed by atoms with Crippen LogP contribution in [0.5, 0.6) is 5.75 Å². The molecule has 2 heterocycles.